The lowest BCUT2D eigenvalue weighted by Gasteiger charge is -2.31. The van der Waals surface area contributed by atoms with Crippen molar-refractivity contribution in [2.24, 2.45) is 17.8 Å². The third kappa shape index (κ3) is 4.53. The van der Waals surface area contributed by atoms with Gasteiger partial charge in [-0.2, -0.15) is 4.99 Å². The van der Waals surface area contributed by atoms with Gasteiger partial charge in [0, 0.05) is 14.2 Å². The Bertz CT molecular complexity index is 1290. The van der Waals surface area contributed by atoms with Crippen LogP contribution >= 0.6 is 11.3 Å². The maximum absolute atomic E-state index is 12.2. The van der Waals surface area contributed by atoms with Crippen molar-refractivity contribution in [2.75, 3.05) is 45.0 Å². The number of hydrogen-bond acceptors (Lipinski definition) is 9. The molecule has 2 aliphatic heterocycles. The molecule has 1 aromatic carbocycles. The molecular formula is C26H32N6O3S. The van der Waals surface area contributed by atoms with Crippen LogP contribution in [0.15, 0.2) is 46.8 Å². The van der Waals surface area contributed by atoms with Crippen molar-refractivity contribution < 1.29 is 14.3 Å². The fourth-order valence-electron chi connectivity index (χ4n) is 4.94. The monoisotopic (exact) mass is 508 g/mol. The SMILES string of the molecule is COC(=O)c1sccc1NC1=NC(N)(OC)Nc2cc(-c3ccc(C4CCN(C)CC4)cc3)n(C)c21. The Morgan fingerprint density at radius 1 is 1.19 bits per heavy atom. The third-order valence-electron chi connectivity index (χ3n) is 7.05. The number of anilines is 2. The number of nitrogens with one attached hydrogen (secondary N) is 2. The minimum atomic E-state index is -1.45. The van der Waals surface area contributed by atoms with E-state index < -0.39 is 11.9 Å². The van der Waals surface area contributed by atoms with E-state index in [1.165, 1.54) is 44.0 Å². The van der Waals surface area contributed by atoms with Crippen LogP contribution in [0.4, 0.5) is 11.4 Å². The van der Waals surface area contributed by atoms with Crippen LogP contribution in [0, 0.1) is 0 Å². The fourth-order valence-corrected chi connectivity index (χ4v) is 5.71. The van der Waals surface area contributed by atoms with Gasteiger partial charge in [-0.05, 0) is 67.5 Å². The molecule has 1 saturated heterocycles. The van der Waals surface area contributed by atoms with E-state index >= 15 is 0 Å². The number of rotatable bonds is 5. The quantitative estimate of drug-likeness (QED) is 0.355. The molecule has 2 aliphatic rings. The summed E-state index contributed by atoms with van der Waals surface area (Å²) < 4.78 is 12.5. The predicted molar refractivity (Wildman–Crippen MR) is 144 cm³/mol. The normalized spacial score (nSPS) is 20.4. The van der Waals surface area contributed by atoms with Crippen molar-refractivity contribution >= 4 is 34.5 Å². The molecule has 4 heterocycles. The maximum atomic E-state index is 12.2. The Morgan fingerprint density at radius 2 is 1.92 bits per heavy atom. The number of aromatic nitrogens is 1. The van der Waals surface area contributed by atoms with Gasteiger partial charge < -0.3 is 29.6 Å². The van der Waals surface area contributed by atoms with Gasteiger partial charge in [-0.25, -0.2) is 4.79 Å². The zero-order valence-electron chi connectivity index (χ0n) is 21.0. The van der Waals surface area contributed by atoms with Crippen LogP contribution in [-0.4, -0.2) is 61.6 Å². The average molecular weight is 509 g/mol. The molecule has 5 rings (SSSR count). The van der Waals surface area contributed by atoms with Crippen LogP contribution < -0.4 is 16.4 Å². The summed E-state index contributed by atoms with van der Waals surface area (Å²) >= 11 is 1.30. The standard InChI is InChI=1S/C26H32N6O3S/c1-31-12-9-17(10-13-31)16-5-7-18(8-6-16)21-15-20-22(32(21)2)24(30-26(27,29-20)35-4)28-19-11-14-36-23(19)25(33)34-3/h5-8,11,14-15,17,29H,9-10,12-13,27H2,1-4H3,(H,28,30). The van der Waals surface area contributed by atoms with Crippen LogP contribution in [-0.2, 0) is 16.5 Å². The number of nitrogens with zero attached hydrogens (tertiary/aromatic N) is 3. The minimum absolute atomic E-state index is 0.412. The number of fused-ring (bicyclic) bond motifs is 1. The lowest BCUT2D eigenvalue weighted by atomic mass is 9.89. The smallest absolute Gasteiger partial charge is 0.350 e. The molecule has 2 aromatic heterocycles. The number of aliphatic imine (C=N–C) groups is 1. The summed E-state index contributed by atoms with van der Waals surface area (Å²) in [5.41, 5.74) is 12.0. The van der Waals surface area contributed by atoms with Gasteiger partial charge in [-0.3, -0.25) is 5.73 Å². The van der Waals surface area contributed by atoms with E-state index in [0.29, 0.717) is 22.3 Å². The number of carbonyl (C=O) groups excluding carboxylic acids is 1. The molecule has 0 spiro atoms. The molecule has 36 heavy (non-hydrogen) atoms. The van der Waals surface area contributed by atoms with Crippen LogP contribution in [0.2, 0.25) is 0 Å². The molecule has 1 atom stereocenters. The van der Waals surface area contributed by atoms with Gasteiger partial charge in [0.1, 0.15) is 10.6 Å². The first-order valence-corrected chi connectivity index (χ1v) is 12.8. The number of ether oxygens (including phenoxy) is 2. The average Bonchev–Trinajstić information content (AvgIpc) is 3.48. The van der Waals surface area contributed by atoms with Crippen LogP contribution in [0.5, 0.6) is 0 Å². The number of nitrogens with two attached hydrogens (primary N) is 1. The van der Waals surface area contributed by atoms with Gasteiger partial charge in [-0.15, -0.1) is 11.3 Å². The van der Waals surface area contributed by atoms with Gasteiger partial charge in [0.05, 0.1) is 24.2 Å². The molecule has 10 heteroatoms. The van der Waals surface area contributed by atoms with Gasteiger partial charge >= 0.3 is 5.97 Å². The van der Waals surface area contributed by atoms with Crippen LogP contribution in [0.3, 0.4) is 0 Å². The number of likely N-dealkylation sites (tertiary alicyclic amines) is 1. The van der Waals surface area contributed by atoms with E-state index in [-0.39, 0.29) is 0 Å². The summed E-state index contributed by atoms with van der Waals surface area (Å²) in [6.45, 7) is 2.28. The zero-order valence-corrected chi connectivity index (χ0v) is 21.8. The number of hydrogen-bond donors (Lipinski definition) is 3. The molecule has 1 unspecified atom stereocenters. The van der Waals surface area contributed by atoms with E-state index in [4.69, 9.17) is 15.2 Å². The Labute approximate surface area is 214 Å². The molecule has 3 aromatic rings. The lowest BCUT2D eigenvalue weighted by Crippen LogP contribution is -2.51. The summed E-state index contributed by atoms with van der Waals surface area (Å²) in [7, 11) is 7.03. The molecule has 4 N–H and O–H groups in total. The second-order valence-electron chi connectivity index (χ2n) is 9.32. The van der Waals surface area contributed by atoms with Crippen LogP contribution in [0.1, 0.15) is 39.7 Å². The number of amidine groups is 1. The van der Waals surface area contributed by atoms with Crippen molar-refractivity contribution in [3.63, 3.8) is 0 Å². The Hall–Kier alpha value is -3.18. The number of thiophene rings is 1. The molecule has 0 bridgehead atoms. The molecule has 1 fully saturated rings. The molecule has 0 saturated carbocycles. The highest BCUT2D eigenvalue weighted by Crippen LogP contribution is 2.36. The Kier molecular flexibility index (Phi) is 6.60. The van der Waals surface area contributed by atoms with E-state index in [2.05, 4.69) is 56.4 Å². The third-order valence-corrected chi connectivity index (χ3v) is 7.94. The predicted octanol–water partition coefficient (Wildman–Crippen LogP) is 3.85. The number of esters is 1. The van der Waals surface area contributed by atoms with E-state index in [1.807, 2.05) is 24.6 Å². The van der Waals surface area contributed by atoms with Crippen molar-refractivity contribution in [1.82, 2.24) is 9.47 Å². The minimum Gasteiger partial charge on any atom is -0.465 e. The van der Waals surface area contributed by atoms with Crippen molar-refractivity contribution in [1.29, 1.82) is 0 Å². The van der Waals surface area contributed by atoms with E-state index in [9.17, 15) is 4.79 Å². The van der Waals surface area contributed by atoms with Crippen molar-refractivity contribution in [3.05, 3.63) is 57.9 Å². The highest BCUT2D eigenvalue weighted by molar-refractivity contribution is 7.12. The molecule has 9 nitrogen and oxygen atoms in total. The highest BCUT2D eigenvalue weighted by Gasteiger charge is 2.34. The lowest BCUT2D eigenvalue weighted by molar-refractivity contribution is 0.0273. The Morgan fingerprint density at radius 3 is 2.58 bits per heavy atom. The fraction of sp³-hybridized carbons (Fsp3) is 0.385. The van der Waals surface area contributed by atoms with E-state index in [0.717, 1.165) is 35.7 Å². The second kappa shape index (κ2) is 9.70. The summed E-state index contributed by atoms with van der Waals surface area (Å²) in [6, 6.07) is 12.7. The summed E-state index contributed by atoms with van der Waals surface area (Å²) in [5.74, 6) is -0.762. The van der Waals surface area contributed by atoms with Gasteiger partial charge in [0.2, 0.25) is 0 Å². The highest BCUT2D eigenvalue weighted by atomic mass is 32.1. The van der Waals surface area contributed by atoms with Crippen LogP contribution in [0.25, 0.3) is 11.3 Å². The first-order chi connectivity index (χ1) is 17.3. The number of piperidine rings is 1. The largest absolute Gasteiger partial charge is 0.465 e. The number of methoxy groups -OCH3 is 2. The number of benzene rings is 1. The van der Waals surface area contributed by atoms with Crippen molar-refractivity contribution in [2.45, 2.75) is 24.7 Å². The van der Waals surface area contributed by atoms with E-state index in [1.54, 1.807) is 0 Å². The number of carbonyl (C=O) groups is 1. The molecule has 0 radical (unpaired) electrons. The molecule has 0 aliphatic carbocycles. The summed E-state index contributed by atoms with van der Waals surface area (Å²) in [5, 5.41) is 8.30. The van der Waals surface area contributed by atoms with Gasteiger partial charge in [0.25, 0.3) is 5.97 Å². The van der Waals surface area contributed by atoms with Crippen molar-refractivity contribution in [3.8, 4) is 11.3 Å². The molecule has 0 amide bonds. The maximum Gasteiger partial charge on any atom is 0.350 e. The first kappa shape index (κ1) is 24.5. The molecular weight excluding hydrogens is 476 g/mol. The molecule has 190 valence electrons. The first-order valence-electron chi connectivity index (χ1n) is 12.0. The van der Waals surface area contributed by atoms with Gasteiger partial charge in [-0.1, -0.05) is 24.3 Å². The second-order valence-corrected chi connectivity index (χ2v) is 10.2. The Balaban J connectivity index is 1.48. The topological polar surface area (TPSA) is 106 Å². The van der Waals surface area contributed by atoms with Gasteiger partial charge in [0.15, 0.2) is 5.84 Å². The summed E-state index contributed by atoms with van der Waals surface area (Å²) in [6.07, 6.45) is 2.38. The zero-order chi connectivity index (χ0) is 25.4. The summed E-state index contributed by atoms with van der Waals surface area (Å²) in [4.78, 5) is 19.7.